The fraction of sp³-hybridized carbons (Fsp3) is 0.214. The molecule has 1 heterocycles. The van der Waals surface area contributed by atoms with Gasteiger partial charge in [0, 0.05) is 6.07 Å². The quantitative estimate of drug-likeness (QED) is 0.902. The fourth-order valence-electron chi connectivity index (χ4n) is 1.64. The van der Waals surface area contributed by atoms with Crippen molar-refractivity contribution in [3.63, 3.8) is 0 Å². The zero-order chi connectivity index (χ0) is 13.7. The van der Waals surface area contributed by atoms with Crippen molar-refractivity contribution >= 4 is 5.91 Å². The molecule has 96 valence electrons. The second-order valence-corrected chi connectivity index (χ2v) is 4.19. The van der Waals surface area contributed by atoms with Gasteiger partial charge < -0.3 is 9.84 Å². The van der Waals surface area contributed by atoms with E-state index in [1.54, 1.807) is 37.3 Å². The number of nitriles is 1. The molecule has 1 N–H and O–H groups in total. The maximum absolute atomic E-state index is 11.7. The summed E-state index contributed by atoms with van der Waals surface area (Å²) in [5, 5.41) is 15.2. The summed E-state index contributed by atoms with van der Waals surface area (Å²) in [6.45, 7) is 2.15. The standard InChI is InChI=1S/C14H13N3O2/c1-10-6-13(17-19-10)9-16-14(18)7-11-2-4-12(8-15)5-3-11/h2-6H,7,9H2,1H3,(H,16,18). The van der Waals surface area contributed by atoms with E-state index >= 15 is 0 Å². The number of nitrogens with one attached hydrogen (secondary N) is 1. The van der Waals surface area contributed by atoms with Crippen molar-refractivity contribution in [1.29, 1.82) is 5.26 Å². The molecular weight excluding hydrogens is 242 g/mol. The van der Waals surface area contributed by atoms with E-state index in [0.717, 1.165) is 11.3 Å². The molecule has 0 aliphatic carbocycles. The highest BCUT2D eigenvalue weighted by atomic mass is 16.5. The Kier molecular flexibility index (Phi) is 3.94. The summed E-state index contributed by atoms with van der Waals surface area (Å²) in [5.74, 6) is 0.627. The van der Waals surface area contributed by atoms with Crippen LogP contribution in [0.15, 0.2) is 34.9 Å². The molecule has 0 saturated carbocycles. The van der Waals surface area contributed by atoms with Gasteiger partial charge in [-0.15, -0.1) is 0 Å². The smallest absolute Gasteiger partial charge is 0.224 e. The summed E-state index contributed by atoms with van der Waals surface area (Å²) in [7, 11) is 0. The Morgan fingerprint density at radius 3 is 2.74 bits per heavy atom. The SMILES string of the molecule is Cc1cc(CNC(=O)Cc2ccc(C#N)cc2)no1. The van der Waals surface area contributed by atoms with Crippen LogP contribution in [0.5, 0.6) is 0 Å². The topological polar surface area (TPSA) is 78.9 Å². The summed E-state index contributed by atoms with van der Waals surface area (Å²) in [6.07, 6.45) is 0.280. The number of aromatic nitrogens is 1. The van der Waals surface area contributed by atoms with Crippen LogP contribution in [0.4, 0.5) is 0 Å². The van der Waals surface area contributed by atoms with Crippen LogP contribution in [0.2, 0.25) is 0 Å². The first-order valence-electron chi connectivity index (χ1n) is 5.85. The first kappa shape index (κ1) is 12.8. The van der Waals surface area contributed by atoms with Gasteiger partial charge in [0.1, 0.15) is 11.5 Å². The zero-order valence-electron chi connectivity index (χ0n) is 10.5. The highest BCUT2D eigenvalue weighted by Gasteiger charge is 2.05. The Morgan fingerprint density at radius 2 is 2.16 bits per heavy atom. The normalized spacial score (nSPS) is 9.89. The molecule has 0 saturated heterocycles. The molecule has 0 aliphatic heterocycles. The molecule has 19 heavy (non-hydrogen) atoms. The van der Waals surface area contributed by atoms with Crippen molar-refractivity contribution in [3.05, 3.63) is 52.9 Å². The predicted octanol–water partition coefficient (Wildman–Crippen LogP) is 1.71. The summed E-state index contributed by atoms with van der Waals surface area (Å²) >= 11 is 0. The largest absolute Gasteiger partial charge is 0.361 e. The number of amides is 1. The number of hydrogen-bond acceptors (Lipinski definition) is 4. The minimum Gasteiger partial charge on any atom is -0.361 e. The fourth-order valence-corrected chi connectivity index (χ4v) is 1.64. The highest BCUT2D eigenvalue weighted by molar-refractivity contribution is 5.78. The Bertz CT molecular complexity index is 608. The van der Waals surface area contributed by atoms with Gasteiger partial charge >= 0.3 is 0 Å². The monoisotopic (exact) mass is 255 g/mol. The van der Waals surface area contributed by atoms with Crippen LogP contribution in [0, 0.1) is 18.3 Å². The summed E-state index contributed by atoms with van der Waals surface area (Å²) in [5.41, 5.74) is 2.15. The van der Waals surface area contributed by atoms with E-state index in [9.17, 15) is 4.79 Å². The molecule has 0 atom stereocenters. The lowest BCUT2D eigenvalue weighted by Gasteiger charge is -2.03. The molecule has 2 aromatic rings. The second-order valence-electron chi connectivity index (χ2n) is 4.19. The van der Waals surface area contributed by atoms with Crippen molar-refractivity contribution in [2.75, 3.05) is 0 Å². The molecule has 1 amide bonds. The number of rotatable bonds is 4. The third-order valence-corrected chi connectivity index (χ3v) is 2.59. The predicted molar refractivity (Wildman–Crippen MR) is 67.9 cm³/mol. The van der Waals surface area contributed by atoms with Crippen LogP contribution < -0.4 is 5.32 Å². The van der Waals surface area contributed by atoms with Crippen LogP contribution in [0.1, 0.15) is 22.6 Å². The van der Waals surface area contributed by atoms with Gasteiger partial charge in [0.15, 0.2) is 0 Å². The summed E-state index contributed by atoms with van der Waals surface area (Å²) in [4.78, 5) is 11.7. The number of aryl methyl sites for hydroxylation is 1. The molecule has 0 aliphatic rings. The van der Waals surface area contributed by atoms with Crippen molar-refractivity contribution < 1.29 is 9.32 Å². The van der Waals surface area contributed by atoms with E-state index in [0.29, 0.717) is 17.8 Å². The molecule has 0 spiro atoms. The molecule has 0 fully saturated rings. The number of carbonyl (C=O) groups excluding carboxylic acids is 1. The molecule has 5 heteroatoms. The number of nitrogens with zero attached hydrogens (tertiary/aromatic N) is 2. The van der Waals surface area contributed by atoms with E-state index in [1.807, 2.05) is 6.07 Å². The lowest BCUT2D eigenvalue weighted by molar-refractivity contribution is -0.120. The third-order valence-electron chi connectivity index (χ3n) is 2.59. The van der Waals surface area contributed by atoms with Crippen LogP contribution in [0.3, 0.4) is 0 Å². The Hall–Kier alpha value is -2.61. The molecular formula is C14H13N3O2. The van der Waals surface area contributed by atoms with Crippen molar-refractivity contribution in [1.82, 2.24) is 10.5 Å². The van der Waals surface area contributed by atoms with Gasteiger partial charge in [-0.2, -0.15) is 5.26 Å². The molecule has 5 nitrogen and oxygen atoms in total. The first-order valence-corrected chi connectivity index (χ1v) is 5.85. The molecule has 2 rings (SSSR count). The van der Waals surface area contributed by atoms with E-state index in [-0.39, 0.29) is 12.3 Å². The Balaban J connectivity index is 1.85. The number of benzene rings is 1. The van der Waals surface area contributed by atoms with E-state index in [4.69, 9.17) is 9.78 Å². The lowest BCUT2D eigenvalue weighted by Crippen LogP contribution is -2.24. The van der Waals surface area contributed by atoms with Gasteiger partial charge in [0.05, 0.1) is 24.6 Å². The number of carbonyl (C=O) groups is 1. The van der Waals surface area contributed by atoms with Gasteiger partial charge in [0.2, 0.25) is 5.91 Å². The van der Waals surface area contributed by atoms with E-state index in [2.05, 4.69) is 10.5 Å². The van der Waals surface area contributed by atoms with Gasteiger partial charge in [-0.3, -0.25) is 4.79 Å². The minimum atomic E-state index is -0.0923. The zero-order valence-corrected chi connectivity index (χ0v) is 10.5. The van der Waals surface area contributed by atoms with Crippen molar-refractivity contribution in [2.45, 2.75) is 19.9 Å². The van der Waals surface area contributed by atoms with Crippen molar-refractivity contribution in [3.8, 4) is 6.07 Å². The highest BCUT2D eigenvalue weighted by Crippen LogP contribution is 2.05. The lowest BCUT2D eigenvalue weighted by atomic mass is 10.1. The average Bonchev–Trinajstić information content (AvgIpc) is 2.83. The van der Waals surface area contributed by atoms with Gasteiger partial charge in [-0.05, 0) is 24.6 Å². The van der Waals surface area contributed by atoms with Crippen LogP contribution >= 0.6 is 0 Å². The Morgan fingerprint density at radius 1 is 1.42 bits per heavy atom. The maximum atomic E-state index is 11.7. The van der Waals surface area contributed by atoms with Crippen LogP contribution in [0.25, 0.3) is 0 Å². The molecule has 0 radical (unpaired) electrons. The molecule has 0 unspecified atom stereocenters. The third kappa shape index (κ3) is 3.68. The molecule has 1 aromatic carbocycles. The van der Waals surface area contributed by atoms with E-state index < -0.39 is 0 Å². The second kappa shape index (κ2) is 5.83. The van der Waals surface area contributed by atoms with Gasteiger partial charge in [-0.1, -0.05) is 17.3 Å². The first-order chi connectivity index (χ1) is 9.17. The van der Waals surface area contributed by atoms with Crippen molar-refractivity contribution in [2.24, 2.45) is 0 Å². The van der Waals surface area contributed by atoms with Gasteiger partial charge in [0.25, 0.3) is 0 Å². The number of hydrogen-bond donors (Lipinski definition) is 1. The average molecular weight is 255 g/mol. The van der Waals surface area contributed by atoms with E-state index in [1.165, 1.54) is 0 Å². The summed E-state index contributed by atoms with van der Waals surface area (Å²) in [6, 6.07) is 10.8. The minimum absolute atomic E-state index is 0.0923. The summed E-state index contributed by atoms with van der Waals surface area (Å²) < 4.78 is 4.91. The van der Waals surface area contributed by atoms with Crippen LogP contribution in [-0.2, 0) is 17.8 Å². The van der Waals surface area contributed by atoms with Gasteiger partial charge in [-0.25, -0.2) is 0 Å². The maximum Gasteiger partial charge on any atom is 0.224 e. The Labute approximate surface area is 110 Å². The van der Waals surface area contributed by atoms with Crippen LogP contribution in [-0.4, -0.2) is 11.1 Å². The molecule has 1 aromatic heterocycles. The molecule has 0 bridgehead atoms.